The first kappa shape index (κ1) is 26.9. The van der Waals surface area contributed by atoms with Gasteiger partial charge in [-0.1, -0.05) is 13.8 Å². The highest BCUT2D eigenvalue weighted by Gasteiger charge is 2.26. The molecule has 7 nitrogen and oxygen atoms in total. The van der Waals surface area contributed by atoms with E-state index in [1.54, 1.807) is 0 Å². The molecule has 0 spiro atoms. The fourth-order valence-corrected chi connectivity index (χ4v) is 4.11. The van der Waals surface area contributed by atoms with E-state index in [9.17, 15) is 5.11 Å². The molecule has 172 valence electrons. The molecule has 2 fully saturated rings. The number of β-amino-alcohol motifs (C(OH)–C–C–N with tert-alkyl or cyclic N) is 1. The van der Waals surface area contributed by atoms with Gasteiger partial charge in [-0.25, -0.2) is 0 Å². The third kappa shape index (κ3) is 10.6. The van der Waals surface area contributed by atoms with Crippen molar-refractivity contribution in [1.82, 2.24) is 20.4 Å². The Hall–Kier alpha value is -0.160. The molecule has 2 unspecified atom stereocenters. The molecule has 0 amide bonds. The van der Waals surface area contributed by atoms with Crippen LogP contribution in [0.4, 0.5) is 0 Å². The lowest BCUT2D eigenvalue weighted by atomic mass is 10.0. The van der Waals surface area contributed by atoms with Crippen molar-refractivity contribution in [3.63, 3.8) is 0 Å². The summed E-state index contributed by atoms with van der Waals surface area (Å²) in [6, 6.07) is 0.542. The predicted molar refractivity (Wildman–Crippen MR) is 131 cm³/mol. The summed E-state index contributed by atoms with van der Waals surface area (Å²) in [5.41, 5.74) is -0.841. The molecule has 0 aromatic rings. The van der Waals surface area contributed by atoms with Gasteiger partial charge in [-0.05, 0) is 52.1 Å². The first-order valence-electron chi connectivity index (χ1n) is 11.2. The van der Waals surface area contributed by atoms with Crippen molar-refractivity contribution in [1.29, 1.82) is 0 Å². The van der Waals surface area contributed by atoms with E-state index in [1.165, 1.54) is 32.4 Å². The van der Waals surface area contributed by atoms with Gasteiger partial charge in [0.15, 0.2) is 5.96 Å². The van der Waals surface area contributed by atoms with Crippen LogP contribution < -0.4 is 10.6 Å². The minimum atomic E-state index is -0.841. The molecule has 8 heteroatoms. The van der Waals surface area contributed by atoms with E-state index < -0.39 is 5.60 Å². The zero-order valence-electron chi connectivity index (χ0n) is 19.0. The van der Waals surface area contributed by atoms with Crippen LogP contribution in [-0.2, 0) is 4.74 Å². The maximum atomic E-state index is 10.8. The van der Waals surface area contributed by atoms with Crippen LogP contribution in [-0.4, -0.2) is 98.1 Å². The van der Waals surface area contributed by atoms with Gasteiger partial charge in [0, 0.05) is 38.8 Å². The van der Waals surface area contributed by atoms with Crippen LogP contribution >= 0.6 is 24.0 Å². The van der Waals surface area contributed by atoms with Gasteiger partial charge in [0.25, 0.3) is 0 Å². The molecule has 0 saturated carbocycles. The molecular formula is C21H44IN5O2. The molecule has 2 aliphatic rings. The molecule has 3 N–H and O–H groups in total. The van der Waals surface area contributed by atoms with Crippen molar-refractivity contribution >= 4 is 29.9 Å². The highest BCUT2D eigenvalue weighted by atomic mass is 127. The van der Waals surface area contributed by atoms with Crippen molar-refractivity contribution in [2.45, 2.75) is 58.6 Å². The monoisotopic (exact) mass is 525 g/mol. The molecule has 0 aromatic carbocycles. The minimum Gasteiger partial charge on any atom is -0.387 e. The van der Waals surface area contributed by atoms with E-state index in [2.05, 4.69) is 41.2 Å². The number of morpholine rings is 1. The molecule has 0 bridgehead atoms. The van der Waals surface area contributed by atoms with Gasteiger partial charge < -0.3 is 20.5 Å². The quantitative estimate of drug-likeness (QED) is 0.230. The average molecular weight is 526 g/mol. The van der Waals surface area contributed by atoms with Crippen LogP contribution in [0.1, 0.15) is 47.0 Å². The van der Waals surface area contributed by atoms with Crippen molar-refractivity contribution in [3.05, 3.63) is 0 Å². The van der Waals surface area contributed by atoms with Crippen molar-refractivity contribution in [2.24, 2.45) is 10.9 Å². The van der Waals surface area contributed by atoms with E-state index in [0.29, 0.717) is 25.0 Å². The van der Waals surface area contributed by atoms with Crippen LogP contribution in [0.2, 0.25) is 0 Å². The normalized spacial score (nSPS) is 22.2. The van der Waals surface area contributed by atoms with Gasteiger partial charge in [-0.15, -0.1) is 24.0 Å². The number of guanidine groups is 1. The van der Waals surface area contributed by atoms with Gasteiger partial charge in [-0.2, -0.15) is 0 Å². The highest BCUT2D eigenvalue weighted by Crippen LogP contribution is 2.17. The van der Waals surface area contributed by atoms with E-state index in [4.69, 9.17) is 9.73 Å². The molecule has 0 radical (unpaired) electrons. The molecule has 2 rings (SSSR count). The Bertz CT molecular complexity index is 464. The summed E-state index contributed by atoms with van der Waals surface area (Å²) in [7, 11) is 0. The van der Waals surface area contributed by atoms with Crippen LogP contribution in [0.25, 0.3) is 0 Å². The molecule has 0 aliphatic carbocycles. The van der Waals surface area contributed by atoms with E-state index in [-0.39, 0.29) is 24.0 Å². The Kier molecular flexibility index (Phi) is 13.0. The summed E-state index contributed by atoms with van der Waals surface area (Å²) in [5, 5.41) is 17.7. The summed E-state index contributed by atoms with van der Waals surface area (Å²) in [6.07, 6.45) is 3.82. The number of aliphatic imine (C=N–C) groups is 1. The summed E-state index contributed by atoms with van der Waals surface area (Å²) >= 11 is 0. The Balaban J connectivity index is 0.00000420. The van der Waals surface area contributed by atoms with Gasteiger partial charge in [0.2, 0.25) is 0 Å². The number of aliphatic hydroxyl groups is 1. The zero-order valence-corrected chi connectivity index (χ0v) is 21.3. The Morgan fingerprint density at radius 1 is 1.14 bits per heavy atom. The smallest absolute Gasteiger partial charge is 0.191 e. The Morgan fingerprint density at radius 2 is 1.79 bits per heavy atom. The van der Waals surface area contributed by atoms with Crippen molar-refractivity contribution < 1.29 is 9.84 Å². The molecule has 0 aromatic heterocycles. The minimum absolute atomic E-state index is 0. The van der Waals surface area contributed by atoms with Crippen molar-refractivity contribution in [2.75, 3.05) is 65.6 Å². The van der Waals surface area contributed by atoms with Crippen molar-refractivity contribution in [3.8, 4) is 0 Å². The second kappa shape index (κ2) is 14.0. The molecule has 2 heterocycles. The van der Waals surface area contributed by atoms with Gasteiger partial charge >= 0.3 is 0 Å². The second-order valence-electron chi connectivity index (χ2n) is 8.99. The molecule has 29 heavy (non-hydrogen) atoms. The van der Waals surface area contributed by atoms with E-state index >= 15 is 0 Å². The summed E-state index contributed by atoms with van der Waals surface area (Å²) < 4.78 is 5.39. The SMILES string of the molecule is CCNC(=NCC(C)(O)CN1CCOCC1)NCC(CC(C)C)N1CCCC1.I. The predicted octanol–water partition coefficient (Wildman–Crippen LogP) is 1.75. The first-order chi connectivity index (χ1) is 13.4. The summed E-state index contributed by atoms with van der Waals surface area (Å²) in [4.78, 5) is 9.57. The first-order valence-corrected chi connectivity index (χ1v) is 11.2. The number of likely N-dealkylation sites (tertiary alicyclic amines) is 1. The highest BCUT2D eigenvalue weighted by molar-refractivity contribution is 14.0. The number of rotatable bonds is 10. The summed E-state index contributed by atoms with van der Waals surface area (Å²) in [5.74, 6) is 1.49. The number of halogens is 1. The fraction of sp³-hybridized carbons (Fsp3) is 0.952. The standard InChI is InChI=1S/C21H43N5O2.HI/c1-5-22-20(23-15-19(14-18(2)3)26-8-6-7-9-26)24-16-21(4,27)17-25-10-12-28-13-11-25;/h18-19,27H,5-17H2,1-4H3,(H2,22,23,24);1H. The third-order valence-electron chi connectivity index (χ3n) is 5.50. The number of hydrogen-bond donors (Lipinski definition) is 3. The van der Waals surface area contributed by atoms with Gasteiger partial charge in [0.1, 0.15) is 0 Å². The van der Waals surface area contributed by atoms with E-state index in [1.807, 2.05) is 6.92 Å². The lowest BCUT2D eigenvalue weighted by Gasteiger charge is -2.33. The Morgan fingerprint density at radius 3 is 2.38 bits per heavy atom. The maximum absolute atomic E-state index is 10.8. The fourth-order valence-electron chi connectivity index (χ4n) is 4.11. The maximum Gasteiger partial charge on any atom is 0.191 e. The van der Waals surface area contributed by atoms with Crippen LogP contribution in [0.15, 0.2) is 4.99 Å². The molecule has 2 atom stereocenters. The Labute approximate surface area is 195 Å². The molecule has 2 saturated heterocycles. The number of ether oxygens (including phenoxy) is 1. The average Bonchev–Trinajstić information content (AvgIpc) is 3.17. The number of nitrogens with one attached hydrogen (secondary N) is 2. The van der Waals surface area contributed by atoms with Gasteiger partial charge in [0.05, 0.1) is 25.4 Å². The largest absolute Gasteiger partial charge is 0.387 e. The lowest BCUT2D eigenvalue weighted by Crippen LogP contribution is -2.49. The lowest BCUT2D eigenvalue weighted by molar-refractivity contribution is -0.0180. The molecule has 2 aliphatic heterocycles. The van der Waals surface area contributed by atoms with Crippen LogP contribution in [0.5, 0.6) is 0 Å². The topological polar surface area (TPSA) is 72.4 Å². The number of nitrogens with zero attached hydrogens (tertiary/aromatic N) is 3. The molecular weight excluding hydrogens is 481 g/mol. The van der Waals surface area contributed by atoms with Gasteiger partial charge in [-0.3, -0.25) is 14.8 Å². The second-order valence-corrected chi connectivity index (χ2v) is 8.99. The third-order valence-corrected chi connectivity index (χ3v) is 5.50. The van der Waals surface area contributed by atoms with E-state index in [0.717, 1.165) is 45.4 Å². The summed E-state index contributed by atoms with van der Waals surface area (Å²) in [6.45, 7) is 17.0. The number of hydrogen-bond acceptors (Lipinski definition) is 5. The van der Waals surface area contributed by atoms with Crippen LogP contribution in [0, 0.1) is 5.92 Å². The zero-order chi connectivity index (χ0) is 20.4. The van der Waals surface area contributed by atoms with Crippen LogP contribution in [0.3, 0.4) is 0 Å².